The van der Waals surface area contributed by atoms with Gasteiger partial charge >= 0.3 is 11.9 Å². The van der Waals surface area contributed by atoms with Crippen LogP contribution in [-0.4, -0.2) is 64.8 Å². The molecule has 0 aliphatic carbocycles. The third-order valence-corrected chi connectivity index (χ3v) is 3.69. The Kier molecular flexibility index (Phi) is 18.5. The first-order valence-electron chi connectivity index (χ1n) is 10.1. The van der Waals surface area contributed by atoms with Crippen molar-refractivity contribution in [3.63, 3.8) is 0 Å². The lowest BCUT2D eigenvalue weighted by Crippen LogP contribution is -2.50. The highest BCUT2D eigenvalue weighted by atomic mass is 16.5. The summed E-state index contributed by atoms with van der Waals surface area (Å²) in [6.07, 6.45) is 7.07. The number of hydrogen-bond donors (Lipinski definition) is 4. The molecule has 0 rings (SSSR count). The lowest BCUT2D eigenvalue weighted by atomic mass is 10.1. The van der Waals surface area contributed by atoms with Crippen LogP contribution in [0.25, 0.3) is 0 Å². The van der Waals surface area contributed by atoms with Gasteiger partial charge in [-0.2, -0.15) is 0 Å². The summed E-state index contributed by atoms with van der Waals surface area (Å²) < 4.78 is 10.1. The standard InChI is InChI=1S/C16H30O4.C4H11NO3/c1-13(2)19-15(17)11-9-7-5-6-8-10-12-16(18)20-14(3)4;5-4(1-6,2-7)3-8/h13-14H,5-12H2,1-4H3;6-8H,1-3,5H2. The Morgan fingerprint density at radius 2 is 1.00 bits per heavy atom. The zero-order valence-electron chi connectivity index (χ0n) is 18.0. The minimum Gasteiger partial charge on any atom is -0.463 e. The molecule has 8 nitrogen and oxygen atoms in total. The van der Waals surface area contributed by atoms with E-state index in [9.17, 15) is 9.59 Å². The Morgan fingerprint density at radius 3 is 1.21 bits per heavy atom. The van der Waals surface area contributed by atoms with Crippen LogP contribution in [-0.2, 0) is 19.1 Å². The van der Waals surface area contributed by atoms with E-state index in [-0.39, 0.29) is 24.1 Å². The smallest absolute Gasteiger partial charge is 0.306 e. The number of aliphatic hydroxyl groups is 3. The first kappa shape index (κ1) is 29.0. The monoisotopic (exact) mass is 407 g/mol. The van der Waals surface area contributed by atoms with E-state index in [1.54, 1.807) is 0 Å². The van der Waals surface area contributed by atoms with Crippen molar-refractivity contribution in [2.45, 2.75) is 96.8 Å². The second-order valence-corrected chi connectivity index (χ2v) is 7.54. The Balaban J connectivity index is 0. The van der Waals surface area contributed by atoms with Crippen LogP contribution in [0.5, 0.6) is 0 Å². The van der Waals surface area contributed by atoms with Crippen LogP contribution in [0.2, 0.25) is 0 Å². The van der Waals surface area contributed by atoms with Crippen LogP contribution < -0.4 is 5.73 Å². The van der Waals surface area contributed by atoms with Crippen molar-refractivity contribution in [3.05, 3.63) is 0 Å². The molecular formula is C20H41NO7. The maximum Gasteiger partial charge on any atom is 0.306 e. The molecule has 0 spiro atoms. The number of carbonyl (C=O) groups excluding carboxylic acids is 2. The summed E-state index contributed by atoms with van der Waals surface area (Å²) in [5.74, 6) is -0.201. The molecule has 0 atom stereocenters. The number of rotatable bonds is 14. The fraction of sp³-hybridized carbons (Fsp3) is 0.900. The number of hydrogen-bond acceptors (Lipinski definition) is 8. The molecule has 0 saturated heterocycles. The topological polar surface area (TPSA) is 139 Å². The maximum absolute atomic E-state index is 11.3. The second kappa shape index (κ2) is 17.8. The van der Waals surface area contributed by atoms with Crippen molar-refractivity contribution in [2.24, 2.45) is 5.73 Å². The molecule has 0 heterocycles. The molecule has 0 fully saturated rings. The van der Waals surface area contributed by atoms with Gasteiger partial charge in [0.15, 0.2) is 0 Å². The molecule has 0 saturated carbocycles. The van der Waals surface area contributed by atoms with Gasteiger partial charge in [-0.05, 0) is 40.5 Å². The molecule has 0 aromatic carbocycles. The van der Waals surface area contributed by atoms with E-state index in [4.69, 9.17) is 30.5 Å². The molecule has 0 radical (unpaired) electrons. The van der Waals surface area contributed by atoms with Crippen molar-refractivity contribution in [2.75, 3.05) is 19.8 Å². The van der Waals surface area contributed by atoms with Crippen molar-refractivity contribution in [1.82, 2.24) is 0 Å². The third-order valence-electron chi connectivity index (χ3n) is 3.69. The van der Waals surface area contributed by atoms with E-state index >= 15 is 0 Å². The average Bonchev–Trinajstić information content (AvgIpc) is 2.62. The van der Waals surface area contributed by atoms with E-state index in [0.717, 1.165) is 38.5 Å². The van der Waals surface area contributed by atoms with E-state index in [1.807, 2.05) is 27.7 Å². The number of ether oxygens (including phenoxy) is 2. The van der Waals surface area contributed by atoms with Gasteiger partial charge in [-0.3, -0.25) is 9.59 Å². The second-order valence-electron chi connectivity index (χ2n) is 7.54. The molecule has 0 aromatic rings. The zero-order chi connectivity index (χ0) is 22.0. The van der Waals surface area contributed by atoms with Gasteiger partial charge < -0.3 is 30.5 Å². The van der Waals surface area contributed by atoms with E-state index in [2.05, 4.69) is 0 Å². The highest BCUT2D eigenvalue weighted by molar-refractivity contribution is 5.69. The summed E-state index contributed by atoms with van der Waals surface area (Å²) in [6.45, 7) is 6.24. The highest BCUT2D eigenvalue weighted by Crippen LogP contribution is 2.10. The Hall–Kier alpha value is -1.22. The molecule has 0 aromatic heterocycles. The lowest BCUT2D eigenvalue weighted by molar-refractivity contribution is -0.148. The van der Waals surface area contributed by atoms with Crippen LogP contribution in [0, 0.1) is 0 Å². The van der Waals surface area contributed by atoms with Crippen LogP contribution >= 0.6 is 0 Å². The first-order chi connectivity index (χ1) is 13.1. The van der Waals surface area contributed by atoms with Gasteiger partial charge in [-0.15, -0.1) is 0 Å². The summed E-state index contributed by atoms with van der Waals surface area (Å²) in [7, 11) is 0. The molecular weight excluding hydrogens is 366 g/mol. The predicted molar refractivity (Wildman–Crippen MR) is 108 cm³/mol. The van der Waals surface area contributed by atoms with Crippen molar-refractivity contribution in [1.29, 1.82) is 0 Å². The van der Waals surface area contributed by atoms with Gasteiger partial charge in [0.05, 0.1) is 37.6 Å². The van der Waals surface area contributed by atoms with Gasteiger partial charge in [0.2, 0.25) is 0 Å². The lowest BCUT2D eigenvalue weighted by Gasteiger charge is -2.20. The maximum atomic E-state index is 11.3. The van der Waals surface area contributed by atoms with Crippen LogP contribution in [0.3, 0.4) is 0 Å². The normalized spacial score (nSPS) is 11.2. The van der Waals surface area contributed by atoms with E-state index < -0.39 is 25.4 Å². The Labute approximate surface area is 169 Å². The van der Waals surface area contributed by atoms with E-state index in [1.165, 1.54) is 0 Å². The molecule has 0 unspecified atom stereocenters. The molecule has 0 amide bonds. The molecule has 0 aliphatic heterocycles. The van der Waals surface area contributed by atoms with Crippen LogP contribution in [0.15, 0.2) is 0 Å². The highest BCUT2D eigenvalue weighted by Gasteiger charge is 2.20. The minimum absolute atomic E-state index is 0.0203. The van der Waals surface area contributed by atoms with Gasteiger partial charge in [0, 0.05) is 12.8 Å². The van der Waals surface area contributed by atoms with Crippen molar-refractivity contribution >= 4 is 11.9 Å². The average molecular weight is 408 g/mol. The summed E-state index contributed by atoms with van der Waals surface area (Å²) >= 11 is 0. The molecule has 8 heteroatoms. The van der Waals surface area contributed by atoms with Gasteiger partial charge in [-0.25, -0.2) is 0 Å². The first-order valence-corrected chi connectivity index (χ1v) is 10.1. The number of carbonyl (C=O) groups is 2. The number of esters is 2. The summed E-state index contributed by atoms with van der Waals surface area (Å²) in [5, 5.41) is 25.0. The van der Waals surface area contributed by atoms with Crippen molar-refractivity contribution < 1.29 is 34.4 Å². The summed E-state index contributed by atoms with van der Waals surface area (Å²) in [6, 6.07) is 0. The quantitative estimate of drug-likeness (QED) is 0.252. The number of nitrogens with two attached hydrogens (primary N) is 1. The zero-order valence-corrected chi connectivity index (χ0v) is 18.0. The van der Waals surface area contributed by atoms with Crippen LogP contribution in [0.1, 0.15) is 79.1 Å². The number of unbranched alkanes of at least 4 members (excludes halogenated alkanes) is 5. The number of aliphatic hydroxyl groups excluding tert-OH is 3. The molecule has 5 N–H and O–H groups in total. The molecule has 0 aliphatic rings. The Morgan fingerprint density at radius 1 is 0.714 bits per heavy atom. The van der Waals surface area contributed by atoms with E-state index in [0.29, 0.717) is 12.8 Å². The van der Waals surface area contributed by atoms with Crippen molar-refractivity contribution in [3.8, 4) is 0 Å². The molecule has 168 valence electrons. The largest absolute Gasteiger partial charge is 0.463 e. The van der Waals surface area contributed by atoms with Crippen LogP contribution in [0.4, 0.5) is 0 Å². The molecule has 28 heavy (non-hydrogen) atoms. The third kappa shape index (κ3) is 19.5. The van der Waals surface area contributed by atoms with Gasteiger partial charge in [0.25, 0.3) is 0 Å². The Bertz CT molecular complexity index is 360. The molecule has 0 bridgehead atoms. The SMILES string of the molecule is CC(C)OC(=O)CCCCCCCCC(=O)OC(C)C.NC(CO)(CO)CO. The fourth-order valence-electron chi connectivity index (χ4n) is 2.04. The minimum atomic E-state index is -1.21. The van der Waals surface area contributed by atoms with Gasteiger partial charge in [0.1, 0.15) is 0 Å². The summed E-state index contributed by atoms with van der Waals surface area (Å²) in [4.78, 5) is 22.6. The summed E-state index contributed by atoms with van der Waals surface area (Å²) in [5.41, 5.74) is 3.94. The van der Waals surface area contributed by atoms with Gasteiger partial charge in [-0.1, -0.05) is 25.7 Å². The predicted octanol–water partition coefficient (Wildman–Crippen LogP) is 1.67. The fourth-order valence-corrected chi connectivity index (χ4v) is 2.04.